The van der Waals surface area contributed by atoms with Gasteiger partial charge in [0.2, 0.25) is 0 Å². The van der Waals surface area contributed by atoms with Gasteiger partial charge in [0.25, 0.3) is 0 Å². The molecule has 0 atom stereocenters. The van der Waals surface area contributed by atoms with Crippen LogP contribution in [0, 0.1) is 17.3 Å². The molecule has 1 heterocycles. The quantitative estimate of drug-likeness (QED) is 0.644. The van der Waals surface area contributed by atoms with Crippen molar-refractivity contribution in [2.45, 2.75) is 20.8 Å². The molecule has 0 spiro atoms. The summed E-state index contributed by atoms with van der Waals surface area (Å²) in [6.07, 6.45) is 0. The van der Waals surface area contributed by atoms with Crippen LogP contribution in [0.4, 0.5) is 0 Å². The van der Waals surface area contributed by atoms with E-state index in [1.165, 1.54) is 0 Å². The molecule has 1 N–H and O–H groups in total. The van der Waals surface area contributed by atoms with Crippen LogP contribution in [-0.4, -0.2) is 10.2 Å². The molecule has 2 nitrogen and oxygen atoms in total. The van der Waals surface area contributed by atoms with Gasteiger partial charge in [0.1, 0.15) is 0 Å². The molecule has 0 fully saturated rings. The van der Waals surface area contributed by atoms with E-state index >= 15 is 0 Å². The number of rotatable bonds is 1. The average molecular weight is 274 g/mol. The lowest BCUT2D eigenvalue weighted by Crippen LogP contribution is -1.99. The number of hydrogen-bond acceptors (Lipinski definition) is 1. The molecule has 0 radical (unpaired) electrons. The Morgan fingerprint density at radius 2 is 1.67 bits per heavy atom. The second-order valence-corrected chi connectivity index (χ2v) is 6.20. The Bertz CT molecular complexity index is 822. The standard InChI is InChI=1S/C19H18N2/c1-19(2,3)13-12-14-8-10-15(11-9-14)18-16-6-4-5-7-17(16)20-21-18/h4-11H,1-3H3,(H,20,21). The van der Waals surface area contributed by atoms with E-state index in [0.29, 0.717) is 0 Å². The fourth-order valence-corrected chi connectivity index (χ4v) is 2.15. The van der Waals surface area contributed by atoms with Crippen molar-refractivity contribution in [3.63, 3.8) is 0 Å². The van der Waals surface area contributed by atoms with Crippen LogP contribution >= 0.6 is 0 Å². The van der Waals surface area contributed by atoms with Gasteiger partial charge < -0.3 is 0 Å². The maximum absolute atomic E-state index is 4.42. The largest absolute Gasteiger partial charge is 0.277 e. The van der Waals surface area contributed by atoms with Crippen molar-refractivity contribution in [1.29, 1.82) is 0 Å². The third-order valence-electron chi connectivity index (χ3n) is 3.21. The zero-order valence-corrected chi connectivity index (χ0v) is 12.6. The smallest absolute Gasteiger partial charge is 0.0999 e. The average Bonchev–Trinajstić information content (AvgIpc) is 2.89. The highest BCUT2D eigenvalue weighted by Crippen LogP contribution is 2.26. The van der Waals surface area contributed by atoms with E-state index in [2.05, 4.69) is 73.1 Å². The number of nitrogens with one attached hydrogen (secondary N) is 1. The van der Waals surface area contributed by atoms with Crippen molar-refractivity contribution in [2.75, 3.05) is 0 Å². The number of benzene rings is 2. The molecule has 0 unspecified atom stereocenters. The van der Waals surface area contributed by atoms with Gasteiger partial charge in [-0.1, -0.05) is 42.2 Å². The van der Waals surface area contributed by atoms with E-state index in [9.17, 15) is 0 Å². The number of H-pyrrole nitrogens is 1. The van der Waals surface area contributed by atoms with Gasteiger partial charge in [-0.25, -0.2) is 0 Å². The highest BCUT2D eigenvalue weighted by Gasteiger charge is 2.07. The molecular weight excluding hydrogens is 256 g/mol. The van der Waals surface area contributed by atoms with Crippen LogP contribution in [0.1, 0.15) is 26.3 Å². The summed E-state index contributed by atoms with van der Waals surface area (Å²) < 4.78 is 0. The predicted octanol–water partition coefficient (Wildman–Crippen LogP) is 4.63. The van der Waals surface area contributed by atoms with Gasteiger partial charge >= 0.3 is 0 Å². The van der Waals surface area contributed by atoms with Crippen LogP contribution in [-0.2, 0) is 0 Å². The summed E-state index contributed by atoms with van der Waals surface area (Å²) in [5.74, 6) is 6.47. The van der Waals surface area contributed by atoms with Crippen LogP contribution in [0.25, 0.3) is 22.2 Å². The first-order chi connectivity index (χ1) is 10.0. The number of nitrogens with zero attached hydrogens (tertiary/aromatic N) is 1. The van der Waals surface area contributed by atoms with Crippen molar-refractivity contribution < 1.29 is 0 Å². The van der Waals surface area contributed by atoms with Crippen molar-refractivity contribution in [3.05, 3.63) is 54.1 Å². The summed E-state index contributed by atoms with van der Waals surface area (Å²) in [4.78, 5) is 0. The molecule has 0 aliphatic carbocycles. The topological polar surface area (TPSA) is 28.7 Å². The molecule has 3 rings (SSSR count). The summed E-state index contributed by atoms with van der Waals surface area (Å²) in [6.45, 7) is 6.35. The molecule has 0 aliphatic heterocycles. The second kappa shape index (κ2) is 5.10. The van der Waals surface area contributed by atoms with E-state index in [-0.39, 0.29) is 5.41 Å². The van der Waals surface area contributed by atoms with Crippen molar-refractivity contribution >= 4 is 10.9 Å². The van der Waals surface area contributed by atoms with Gasteiger partial charge in [0.05, 0.1) is 11.2 Å². The molecule has 0 saturated carbocycles. The fraction of sp³-hybridized carbons (Fsp3) is 0.211. The molecule has 0 amide bonds. The lowest BCUT2D eigenvalue weighted by Gasteiger charge is -2.06. The number of fused-ring (bicyclic) bond motifs is 1. The summed E-state index contributed by atoms with van der Waals surface area (Å²) in [7, 11) is 0. The van der Waals surface area contributed by atoms with E-state index < -0.39 is 0 Å². The van der Waals surface area contributed by atoms with Crippen LogP contribution in [0.2, 0.25) is 0 Å². The molecule has 104 valence electrons. The van der Waals surface area contributed by atoms with Crippen molar-refractivity contribution in [1.82, 2.24) is 10.2 Å². The zero-order valence-electron chi connectivity index (χ0n) is 12.6. The third kappa shape index (κ3) is 2.98. The molecule has 0 bridgehead atoms. The lowest BCUT2D eigenvalue weighted by atomic mass is 9.97. The van der Waals surface area contributed by atoms with Gasteiger partial charge in [-0.2, -0.15) is 5.10 Å². The minimum absolute atomic E-state index is 0.0249. The molecule has 1 aromatic heterocycles. The number of aromatic amines is 1. The Hall–Kier alpha value is -2.53. The SMILES string of the molecule is CC(C)(C)C#Cc1ccc(-c2n[nH]c3ccccc23)cc1. The lowest BCUT2D eigenvalue weighted by molar-refractivity contribution is 0.571. The van der Waals surface area contributed by atoms with Crippen LogP contribution in [0.3, 0.4) is 0 Å². The van der Waals surface area contributed by atoms with Gasteiger partial charge in [0, 0.05) is 21.9 Å². The molecular formula is C19H18N2. The van der Waals surface area contributed by atoms with Gasteiger partial charge in [0.15, 0.2) is 0 Å². The first-order valence-corrected chi connectivity index (χ1v) is 7.10. The highest BCUT2D eigenvalue weighted by molar-refractivity contribution is 5.92. The minimum Gasteiger partial charge on any atom is -0.277 e. The zero-order chi connectivity index (χ0) is 14.9. The highest BCUT2D eigenvalue weighted by atomic mass is 15.1. The number of para-hydroxylation sites is 1. The molecule has 0 saturated heterocycles. The molecule has 3 aromatic rings. The van der Waals surface area contributed by atoms with Crippen molar-refractivity contribution in [2.24, 2.45) is 5.41 Å². The first kappa shape index (κ1) is 13.5. The summed E-state index contributed by atoms with van der Waals surface area (Å²) >= 11 is 0. The normalized spacial score (nSPS) is 11.2. The van der Waals surface area contributed by atoms with Gasteiger partial charge in [-0.05, 0) is 39.0 Å². The summed E-state index contributed by atoms with van der Waals surface area (Å²) in [6, 6.07) is 16.4. The Morgan fingerprint density at radius 1 is 0.952 bits per heavy atom. The van der Waals surface area contributed by atoms with Crippen LogP contribution < -0.4 is 0 Å². The second-order valence-electron chi connectivity index (χ2n) is 6.20. The Kier molecular flexibility index (Phi) is 3.27. The fourth-order valence-electron chi connectivity index (χ4n) is 2.15. The summed E-state index contributed by atoms with van der Waals surface area (Å²) in [5, 5.41) is 8.63. The van der Waals surface area contributed by atoms with E-state index in [0.717, 1.165) is 27.7 Å². The van der Waals surface area contributed by atoms with Crippen LogP contribution in [0.15, 0.2) is 48.5 Å². The van der Waals surface area contributed by atoms with E-state index in [1.807, 2.05) is 18.2 Å². The van der Waals surface area contributed by atoms with E-state index in [1.54, 1.807) is 0 Å². The number of hydrogen-bond donors (Lipinski definition) is 1. The third-order valence-corrected chi connectivity index (χ3v) is 3.21. The molecule has 2 heteroatoms. The van der Waals surface area contributed by atoms with Gasteiger partial charge in [-0.15, -0.1) is 0 Å². The monoisotopic (exact) mass is 274 g/mol. The predicted molar refractivity (Wildman–Crippen MR) is 87.9 cm³/mol. The van der Waals surface area contributed by atoms with E-state index in [4.69, 9.17) is 0 Å². The molecule has 2 aromatic carbocycles. The van der Waals surface area contributed by atoms with Crippen molar-refractivity contribution in [3.8, 4) is 23.1 Å². The number of aromatic nitrogens is 2. The Balaban J connectivity index is 1.96. The van der Waals surface area contributed by atoms with Gasteiger partial charge in [-0.3, -0.25) is 5.10 Å². The maximum Gasteiger partial charge on any atom is 0.0999 e. The minimum atomic E-state index is 0.0249. The maximum atomic E-state index is 4.42. The van der Waals surface area contributed by atoms with Crippen LogP contribution in [0.5, 0.6) is 0 Å². The Labute approximate surface area is 125 Å². The Morgan fingerprint density at radius 3 is 2.38 bits per heavy atom. The first-order valence-electron chi connectivity index (χ1n) is 7.10. The molecule has 0 aliphatic rings. The molecule has 21 heavy (non-hydrogen) atoms. The summed E-state index contributed by atoms with van der Waals surface area (Å²) in [5.41, 5.74) is 4.21.